The Kier molecular flexibility index (Phi) is 7.46. The fourth-order valence-electron chi connectivity index (χ4n) is 3.69. The maximum atomic E-state index is 13.1. The Balaban J connectivity index is 1.77. The maximum Gasteiger partial charge on any atom is 0.233 e. The summed E-state index contributed by atoms with van der Waals surface area (Å²) < 4.78 is 24.3. The van der Waals surface area contributed by atoms with E-state index >= 15 is 0 Å². The molecular formula is C25H25N3O4S. The number of nitrogens with one attached hydrogen (secondary N) is 2. The zero-order chi connectivity index (χ0) is 24.0. The molecule has 33 heavy (non-hydrogen) atoms. The molecule has 8 heteroatoms. The number of carbonyl (C=O) groups is 2. The van der Waals surface area contributed by atoms with Gasteiger partial charge in [0, 0.05) is 12.1 Å². The van der Waals surface area contributed by atoms with E-state index in [0.717, 1.165) is 28.2 Å². The van der Waals surface area contributed by atoms with E-state index in [2.05, 4.69) is 11.4 Å². The van der Waals surface area contributed by atoms with E-state index in [1.54, 1.807) is 18.2 Å². The molecule has 3 rings (SSSR count). The van der Waals surface area contributed by atoms with Gasteiger partial charge in [-0.25, -0.2) is 8.42 Å². The average molecular weight is 464 g/mol. The molecule has 2 N–H and O–H groups in total. The molecule has 0 spiro atoms. The van der Waals surface area contributed by atoms with Crippen LogP contribution in [0.2, 0.25) is 0 Å². The average Bonchev–Trinajstić information content (AvgIpc) is 2.77. The first-order valence-electron chi connectivity index (χ1n) is 10.5. The fraction of sp³-hybridized carbons (Fsp3) is 0.240. The minimum atomic E-state index is -3.60. The molecule has 3 aromatic carbocycles. The minimum absolute atomic E-state index is 0.0207. The number of aryl methyl sites for hydroxylation is 1. The molecule has 1 unspecified atom stereocenters. The van der Waals surface area contributed by atoms with E-state index in [-0.39, 0.29) is 12.3 Å². The lowest BCUT2D eigenvalue weighted by atomic mass is 9.94. The maximum absolute atomic E-state index is 13.1. The number of carbonyl (C=O) groups excluding carboxylic acids is 2. The van der Waals surface area contributed by atoms with Crippen LogP contribution in [0.25, 0.3) is 10.8 Å². The Morgan fingerprint density at radius 1 is 1.06 bits per heavy atom. The van der Waals surface area contributed by atoms with Crippen molar-refractivity contribution in [2.45, 2.75) is 32.1 Å². The molecule has 0 aliphatic rings. The molecule has 0 saturated carbocycles. The lowest BCUT2D eigenvalue weighted by Gasteiger charge is -2.17. The van der Waals surface area contributed by atoms with Gasteiger partial charge in [0.1, 0.15) is 0 Å². The summed E-state index contributed by atoms with van der Waals surface area (Å²) in [4.78, 5) is 24.9. The van der Waals surface area contributed by atoms with E-state index in [0.29, 0.717) is 24.1 Å². The molecule has 0 aliphatic carbocycles. The summed E-state index contributed by atoms with van der Waals surface area (Å²) in [7, 11) is -3.60. The molecule has 0 heterocycles. The minimum Gasteiger partial charge on any atom is -0.325 e. The van der Waals surface area contributed by atoms with Crippen molar-refractivity contribution in [3.8, 4) is 6.07 Å². The summed E-state index contributed by atoms with van der Waals surface area (Å²) in [5.41, 5.74) is 2.58. The predicted molar refractivity (Wildman–Crippen MR) is 128 cm³/mol. The van der Waals surface area contributed by atoms with Crippen LogP contribution in [0, 0.1) is 11.3 Å². The van der Waals surface area contributed by atoms with Gasteiger partial charge in [-0.15, -0.1) is 0 Å². The molecule has 0 aliphatic heterocycles. The molecule has 0 fully saturated rings. The smallest absolute Gasteiger partial charge is 0.233 e. The van der Waals surface area contributed by atoms with Crippen LogP contribution in [0.5, 0.6) is 0 Å². The van der Waals surface area contributed by atoms with Gasteiger partial charge < -0.3 is 5.32 Å². The van der Waals surface area contributed by atoms with E-state index in [1.807, 2.05) is 54.1 Å². The van der Waals surface area contributed by atoms with Crippen molar-refractivity contribution < 1.29 is 18.0 Å². The highest BCUT2D eigenvalue weighted by Gasteiger charge is 2.19. The number of hydrogen-bond donors (Lipinski definition) is 2. The van der Waals surface area contributed by atoms with Gasteiger partial charge in [-0.3, -0.25) is 14.3 Å². The number of fused-ring (bicyclic) bond motifs is 1. The van der Waals surface area contributed by atoms with Gasteiger partial charge >= 0.3 is 0 Å². The van der Waals surface area contributed by atoms with E-state index < -0.39 is 21.8 Å². The van der Waals surface area contributed by atoms with Crippen LogP contribution >= 0.6 is 0 Å². The molecule has 0 saturated heterocycles. The van der Waals surface area contributed by atoms with Crippen molar-refractivity contribution in [3.05, 3.63) is 77.4 Å². The Bertz CT molecular complexity index is 1340. The number of anilines is 1. The molecule has 0 bridgehead atoms. The van der Waals surface area contributed by atoms with Gasteiger partial charge in [-0.1, -0.05) is 48.5 Å². The highest BCUT2D eigenvalue weighted by molar-refractivity contribution is 7.89. The summed E-state index contributed by atoms with van der Waals surface area (Å²) in [6.45, 7) is 1.83. The molecule has 2 amide bonds. The first-order chi connectivity index (χ1) is 15.7. The fourth-order valence-corrected chi connectivity index (χ4v) is 4.20. The zero-order valence-corrected chi connectivity index (χ0v) is 19.3. The Morgan fingerprint density at radius 2 is 1.79 bits per heavy atom. The summed E-state index contributed by atoms with van der Waals surface area (Å²) >= 11 is 0. The predicted octanol–water partition coefficient (Wildman–Crippen LogP) is 3.85. The molecule has 0 radical (unpaired) electrons. The van der Waals surface area contributed by atoms with Crippen LogP contribution in [0.1, 0.15) is 42.4 Å². The molecule has 7 nitrogen and oxygen atoms in total. The summed E-state index contributed by atoms with van der Waals surface area (Å²) in [6.07, 6.45) is 1.76. The molecule has 3 aromatic rings. The number of benzene rings is 3. The standard InChI is InChI=1S/C25H25N3O4S/c1-17(21-11-5-8-19-7-3-4-10-22(19)21)25(30)27-23-15-18(16-26)13-14-20(23)9-6-12-24(29)28-33(2,31)32/h3-5,7-8,10-11,13-15,17H,6,9,12H2,1-2H3,(H,27,30)(H,28,29). The molecule has 1 atom stereocenters. The number of hydrogen-bond acceptors (Lipinski definition) is 5. The third-order valence-corrected chi connectivity index (χ3v) is 5.93. The second-order valence-electron chi connectivity index (χ2n) is 7.91. The van der Waals surface area contributed by atoms with Gasteiger partial charge in [0.05, 0.1) is 23.8 Å². The number of nitrogens with zero attached hydrogens (tertiary/aromatic N) is 1. The number of rotatable bonds is 8. The second kappa shape index (κ2) is 10.3. The molecule has 0 aromatic heterocycles. The Hall–Kier alpha value is -3.70. The van der Waals surface area contributed by atoms with Crippen LogP contribution < -0.4 is 10.0 Å². The summed E-state index contributed by atoms with van der Waals surface area (Å²) in [5, 5.41) is 14.3. The van der Waals surface area contributed by atoms with Crippen molar-refractivity contribution in [1.82, 2.24) is 4.72 Å². The lowest BCUT2D eigenvalue weighted by Crippen LogP contribution is -2.29. The van der Waals surface area contributed by atoms with Gasteiger partial charge in [0.2, 0.25) is 21.8 Å². The third-order valence-electron chi connectivity index (χ3n) is 5.33. The quantitative estimate of drug-likeness (QED) is 0.526. The highest BCUT2D eigenvalue weighted by Crippen LogP contribution is 2.28. The topological polar surface area (TPSA) is 116 Å². The number of amides is 2. The lowest BCUT2D eigenvalue weighted by molar-refractivity contribution is -0.119. The van der Waals surface area contributed by atoms with Gasteiger partial charge in [0.15, 0.2) is 0 Å². The van der Waals surface area contributed by atoms with Crippen LogP contribution in [-0.2, 0) is 26.0 Å². The first-order valence-corrected chi connectivity index (χ1v) is 12.4. The van der Waals surface area contributed by atoms with Gasteiger partial charge in [0.25, 0.3) is 0 Å². The van der Waals surface area contributed by atoms with Crippen LogP contribution in [-0.4, -0.2) is 26.5 Å². The van der Waals surface area contributed by atoms with E-state index in [9.17, 15) is 23.3 Å². The summed E-state index contributed by atoms with van der Waals surface area (Å²) in [6, 6.07) is 20.8. The van der Waals surface area contributed by atoms with E-state index in [4.69, 9.17) is 0 Å². The molecular weight excluding hydrogens is 438 g/mol. The van der Waals surface area contributed by atoms with Gasteiger partial charge in [-0.05, 0) is 53.8 Å². The molecule has 170 valence electrons. The SMILES string of the molecule is CC(C(=O)Nc1cc(C#N)ccc1CCCC(=O)NS(C)(=O)=O)c1cccc2ccccc12. The third kappa shape index (κ3) is 6.40. The van der Waals surface area contributed by atoms with Gasteiger partial charge in [-0.2, -0.15) is 5.26 Å². The van der Waals surface area contributed by atoms with E-state index in [1.165, 1.54) is 0 Å². The second-order valence-corrected chi connectivity index (χ2v) is 9.66. The van der Waals surface area contributed by atoms with Crippen LogP contribution in [0.15, 0.2) is 60.7 Å². The van der Waals surface area contributed by atoms with Crippen molar-refractivity contribution in [2.24, 2.45) is 0 Å². The highest BCUT2D eigenvalue weighted by atomic mass is 32.2. The van der Waals surface area contributed by atoms with Crippen molar-refractivity contribution >= 4 is 38.3 Å². The van der Waals surface area contributed by atoms with Crippen molar-refractivity contribution in [1.29, 1.82) is 5.26 Å². The van der Waals surface area contributed by atoms with Crippen molar-refractivity contribution in [3.63, 3.8) is 0 Å². The van der Waals surface area contributed by atoms with Crippen LogP contribution in [0.4, 0.5) is 5.69 Å². The number of sulfonamides is 1. The largest absolute Gasteiger partial charge is 0.325 e. The van der Waals surface area contributed by atoms with Crippen LogP contribution in [0.3, 0.4) is 0 Å². The first kappa shape index (κ1) is 24.0. The number of nitriles is 1. The van der Waals surface area contributed by atoms with Crippen molar-refractivity contribution in [2.75, 3.05) is 11.6 Å². The monoisotopic (exact) mass is 463 g/mol. The zero-order valence-electron chi connectivity index (χ0n) is 18.5. The normalized spacial score (nSPS) is 12.0. The summed E-state index contributed by atoms with van der Waals surface area (Å²) in [5.74, 6) is -1.23. The Labute approximate surface area is 193 Å². The Morgan fingerprint density at radius 3 is 2.52 bits per heavy atom.